The van der Waals surface area contributed by atoms with E-state index in [1.54, 1.807) is 0 Å². The van der Waals surface area contributed by atoms with Crippen molar-refractivity contribution in [3.8, 4) is 0 Å². The molecule has 1 nitrogen and oxygen atoms in total. The zero-order valence-electron chi connectivity index (χ0n) is 31.0. The zero-order valence-corrected chi connectivity index (χ0v) is 31.0. The molecule has 0 amide bonds. The third-order valence-corrected chi connectivity index (χ3v) is 9.19. The van der Waals surface area contributed by atoms with Crippen LogP contribution in [0.25, 0.3) is 0 Å². The first-order chi connectivity index (χ1) is 21.8. The Labute approximate surface area is 280 Å². The summed E-state index contributed by atoms with van der Waals surface area (Å²) in [5.41, 5.74) is 0. The van der Waals surface area contributed by atoms with Gasteiger partial charge in [0.15, 0.2) is 0 Å². The quantitative estimate of drug-likeness (QED) is 0.0497. The average Bonchev–Trinajstić information content (AvgIpc) is 3.03. The molecule has 0 aromatic heterocycles. The lowest BCUT2D eigenvalue weighted by molar-refractivity contribution is 0.272. The van der Waals surface area contributed by atoms with Gasteiger partial charge in [-0.2, -0.15) is 0 Å². The third kappa shape index (κ3) is 37.4. The van der Waals surface area contributed by atoms with Crippen LogP contribution >= 0.6 is 0 Å². The van der Waals surface area contributed by atoms with Crippen LogP contribution in [0.2, 0.25) is 0 Å². The average molecular weight is 614 g/mol. The van der Waals surface area contributed by atoms with Gasteiger partial charge in [-0.05, 0) is 96.6 Å². The minimum absolute atomic E-state index is 1.23. The van der Waals surface area contributed by atoms with Crippen molar-refractivity contribution in [2.24, 2.45) is 0 Å². The number of nitrogens with zero attached hydrogens (tertiary/aromatic N) is 1. The number of hydrogen-bond donors (Lipinski definition) is 0. The minimum atomic E-state index is 1.23. The van der Waals surface area contributed by atoms with Crippen molar-refractivity contribution in [3.63, 3.8) is 0 Å². The lowest BCUT2D eigenvalue weighted by atomic mass is 10.1. The summed E-state index contributed by atoms with van der Waals surface area (Å²) in [5.74, 6) is 0. The molecule has 1 heteroatoms. The van der Waals surface area contributed by atoms with E-state index in [9.17, 15) is 0 Å². The number of unbranched alkanes of at least 4 members (excludes halogenated alkanes) is 25. The summed E-state index contributed by atoms with van der Waals surface area (Å²) in [6.07, 6.45) is 57.5. The normalized spacial score (nSPS) is 12.3. The first-order valence-electron chi connectivity index (χ1n) is 20.5. The van der Waals surface area contributed by atoms with E-state index in [1.807, 2.05) is 0 Å². The van der Waals surface area contributed by atoms with E-state index in [0.717, 1.165) is 0 Å². The minimum Gasteiger partial charge on any atom is -0.303 e. The molecule has 0 unspecified atom stereocenters. The van der Waals surface area contributed by atoms with Crippen LogP contribution in [0.3, 0.4) is 0 Å². The zero-order chi connectivity index (χ0) is 31.9. The standard InChI is InChI=1S/C43H83N/c1-4-7-9-11-13-15-17-19-21-23-24-25-26-28-30-32-34-36-38-40-43-44(41-6-3)42-39-37-35-33-31-29-27-22-20-18-16-14-12-10-8-5-2/h19-22,36,38H,4-18,23-35,37,39-43H2,1-3H3/b21-19-,22-20-,38-36-. The molecule has 0 bridgehead atoms. The van der Waals surface area contributed by atoms with E-state index < -0.39 is 0 Å². The summed E-state index contributed by atoms with van der Waals surface area (Å²) in [4.78, 5) is 2.71. The van der Waals surface area contributed by atoms with Gasteiger partial charge >= 0.3 is 0 Å². The van der Waals surface area contributed by atoms with Gasteiger partial charge in [-0.1, -0.05) is 173 Å². The molecule has 0 saturated heterocycles. The highest BCUT2D eigenvalue weighted by atomic mass is 15.1. The number of hydrogen-bond acceptors (Lipinski definition) is 1. The molecule has 0 N–H and O–H groups in total. The molecule has 44 heavy (non-hydrogen) atoms. The van der Waals surface area contributed by atoms with Crippen molar-refractivity contribution in [3.05, 3.63) is 36.5 Å². The summed E-state index contributed by atoms with van der Waals surface area (Å²) in [6, 6.07) is 0. The molecule has 0 fully saturated rings. The Morgan fingerprint density at radius 2 is 0.545 bits per heavy atom. The highest BCUT2D eigenvalue weighted by Gasteiger charge is 2.02. The van der Waals surface area contributed by atoms with Gasteiger partial charge < -0.3 is 4.90 Å². The lowest BCUT2D eigenvalue weighted by Gasteiger charge is -2.20. The van der Waals surface area contributed by atoms with Crippen LogP contribution in [0.15, 0.2) is 36.5 Å². The van der Waals surface area contributed by atoms with Gasteiger partial charge in [-0.25, -0.2) is 0 Å². The maximum Gasteiger partial charge on any atom is 0.00159 e. The second-order valence-electron chi connectivity index (χ2n) is 13.8. The van der Waals surface area contributed by atoms with Crippen molar-refractivity contribution in [2.75, 3.05) is 19.6 Å². The van der Waals surface area contributed by atoms with Crippen LogP contribution < -0.4 is 0 Å². The predicted octanol–water partition coefficient (Wildman–Crippen LogP) is 15.1. The number of rotatable bonds is 37. The van der Waals surface area contributed by atoms with Crippen LogP contribution in [0, 0.1) is 0 Å². The predicted molar refractivity (Wildman–Crippen MR) is 204 cm³/mol. The lowest BCUT2D eigenvalue weighted by Crippen LogP contribution is -2.26. The summed E-state index contributed by atoms with van der Waals surface area (Å²) in [7, 11) is 0. The fourth-order valence-corrected chi connectivity index (χ4v) is 6.24. The Bertz CT molecular complexity index is 588. The van der Waals surface area contributed by atoms with Crippen molar-refractivity contribution in [1.29, 1.82) is 0 Å². The molecule has 0 heterocycles. The van der Waals surface area contributed by atoms with Crippen LogP contribution in [0.1, 0.15) is 220 Å². The van der Waals surface area contributed by atoms with E-state index in [4.69, 9.17) is 0 Å². The molecule has 0 rings (SSSR count). The van der Waals surface area contributed by atoms with Crippen LogP contribution in [-0.4, -0.2) is 24.5 Å². The molecular formula is C43H83N. The fourth-order valence-electron chi connectivity index (χ4n) is 6.24. The smallest absolute Gasteiger partial charge is 0.00159 e. The molecule has 0 radical (unpaired) electrons. The van der Waals surface area contributed by atoms with Gasteiger partial charge in [-0.15, -0.1) is 0 Å². The van der Waals surface area contributed by atoms with Gasteiger partial charge in [0, 0.05) is 6.54 Å². The van der Waals surface area contributed by atoms with Gasteiger partial charge in [0.1, 0.15) is 0 Å². The second-order valence-corrected chi connectivity index (χ2v) is 13.8. The third-order valence-electron chi connectivity index (χ3n) is 9.19. The molecule has 0 aliphatic rings. The molecule has 260 valence electrons. The van der Waals surface area contributed by atoms with E-state index in [0.29, 0.717) is 0 Å². The fraction of sp³-hybridized carbons (Fsp3) is 0.860. The Hall–Kier alpha value is -0.820. The first-order valence-corrected chi connectivity index (χ1v) is 20.5. The molecule has 0 aromatic rings. The molecule has 0 atom stereocenters. The van der Waals surface area contributed by atoms with E-state index >= 15 is 0 Å². The molecular weight excluding hydrogens is 530 g/mol. The Morgan fingerprint density at radius 1 is 0.250 bits per heavy atom. The largest absolute Gasteiger partial charge is 0.303 e. The van der Waals surface area contributed by atoms with E-state index in [1.165, 1.54) is 219 Å². The van der Waals surface area contributed by atoms with Crippen molar-refractivity contribution >= 4 is 0 Å². The maximum absolute atomic E-state index is 2.71. The van der Waals surface area contributed by atoms with Crippen LogP contribution in [0.5, 0.6) is 0 Å². The Balaban J connectivity index is 3.48. The number of allylic oxidation sites excluding steroid dienone is 5. The van der Waals surface area contributed by atoms with Crippen molar-refractivity contribution < 1.29 is 0 Å². The van der Waals surface area contributed by atoms with Crippen molar-refractivity contribution in [2.45, 2.75) is 220 Å². The summed E-state index contributed by atoms with van der Waals surface area (Å²) < 4.78 is 0. The van der Waals surface area contributed by atoms with Gasteiger partial charge in [0.05, 0.1) is 0 Å². The SMILES string of the molecule is CCCCCCCC/C=C\CCCCCCCC/C=C\CCN(CCC)CCCCCCCC/C=C\CCCCCCCC. The highest BCUT2D eigenvalue weighted by Crippen LogP contribution is 2.13. The highest BCUT2D eigenvalue weighted by molar-refractivity contribution is 4.83. The first kappa shape index (κ1) is 43.2. The molecule has 0 saturated carbocycles. The summed E-state index contributed by atoms with van der Waals surface area (Å²) in [6.45, 7) is 10.8. The second kappa shape index (κ2) is 40.2. The Kier molecular flexibility index (Phi) is 39.5. The van der Waals surface area contributed by atoms with Crippen molar-refractivity contribution in [1.82, 2.24) is 4.90 Å². The van der Waals surface area contributed by atoms with Gasteiger partial charge in [0.2, 0.25) is 0 Å². The molecule has 0 aliphatic heterocycles. The Morgan fingerprint density at radius 3 is 0.886 bits per heavy atom. The topological polar surface area (TPSA) is 3.24 Å². The van der Waals surface area contributed by atoms with Crippen LogP contribution in [-0.2, 0) is 0 Å². The van der Waals surface area contributed by atoms with Crippen LogP contribution in [0.4, 0.5) is 0 Å². The summed E-state index contributed by atoms with van der Waals surface area (Å²) >= 11 is 0. The van der Waals surface area contributed by atoms with E-state index in [2.05, 4.69) is 62.1 Å². The van der Waals surface area contributed by atoms with Gasteiger partial charge in [-0.3, -0.25) is 0 Å². The van der Waals surface area contributed by atoms with E-state index in [-0.39, 0.29) is 0 Å². The van der Waals surface area contributed by atoms with Gasteiger partial charge in [0.25, 0.3) is 0 Å². The summed E-state index contributed by atoms with van der Waals surface area (Å²) in [5, 5.41) is 0. The molecule has 0 aliphatic carbocycles. The monoisotopic (exact) mass is 614 g/mol. The maximum atomic E-state index is 2.71. The molecule has 0 spiro atoms. The molecule has 0 aromatic carbocycles.